The van der Waals surface area contributed by atoms with Crippen LogP contribution in [0.25, 0.3) is 11.0 Å². The van der Waals surface area contributed by atoms with Crippen molar-refractivity contribution < 1.29 is 9.52 Å². The minimum Gasteiger partial charge on any atom is -0.456 e. The number of aliphatic hydroxyl groups excluding tert-OH is 1. The van der Waals surface area contributed by atoms with Crippen LogP contribution in [0.4, 0.5) is 0 Å². The minimum atomic E-state index is -0.783. The summed E-state index contributed by atoms with van der Waals surface area (Å²) in [5, 5.41) is 11.9. The van der Waals surface area contributed by atoms with E-state index in [1.54, 1.807) is 6.07 Å². The summed E-state index contributed by atoms with van der Waals surface area (Å²) in [5.41, 5.74) is 2.68. The third-order valence-corrected chi connectivity index (χ3v) is 4.00. The largest absolute Gasteiger partial charge is 0.456 e. The molecule has 1 atom stereocenters. The second-order valence-electron chi connectivity index (χ2n) is 5.53. The molecule has 0 radical (unpaired) electrons. The minimum absolute atomic E-state index is 0.473. The SMILES string of the molecule is CC(C)c1ccc(C(O)c2cc3cccc(Cl)c3o2)cc1. The molecule has 0 aliphatic rings. The van der Waals surface area contributed by atoms with Gasteiger partial charge in [-0.3, -0.25) is 0 Å². The van der Waals surface area contributed by atoms with Gasteiger partial charge in [0, 0.05) is 5.39 Å². The molecule has 2 nitrogen and oxygen atoms in total. The van der Waals surface area contributed by atoms with Gasteiger partial charge in [0.1, 0.15) is 11.9 Å². The van der Waals surface area contributed by atoms with Gasteiger partial charge in [-0.2, -0.15) is 0 Å². The van der Waals surface area contributed by atoms with Crippen molar-refractivity contribution in [2.24, 2.45) is 0 Å². The molecule has 3 rings (SSSR count). The van der Waals surface area contributed by atoms with Crippen molar-refractivity contribution >= 4 is 22.6 Å². The van der Waals surface area contributed by atoms with Crippen LogP contribution in [-0.4, -0.2) is 5.11 Å². The Morgan fingerprint density at radius 1 is 1.00 bits per heavy atom. The molecule has 1 N–H and O–H groups in total. The highest BCUT2D eigenvalue weighted by Crippen LogP contribution is 2.32. The molecule has 1 unspecified atom stereocenters. The van der Waals surface area contributed by atoms with Gasteiger partial charge in [-0.05, 0) is 29.2 Å². The predicted octanol–water partition coefficient (Wildman–Crippen LogP) is 5.29. The summed E-state index contributed by atoms with van der Waals surface area (Å²) in [5.74, 6) is 0.983. The lowest BCUT2D eigenvalue weighted by molar-refractivity contribution is 0.192. The van der Waals surface area contributed by atoms with Crippen molar-refractivity contribution in [1.29, 1.82) is 0 Å². The molecule has 1 aromatic heterocycles. The zero-order chi connectivity index (χ0) is 15.0. The molecule has 3 aromatic rings. The first-order valence-electron chi connectivity index (χ1n) is 7.02. The first-order chi connectivity index (χ1) is 10.1. The van der Waals surface area contributed by atoms with Crippen molar-refractivity contribution in [2.45, 2.75) is 25.9 Å². The van der Waals surface area contributed by atoms with Crippen LogP contribution in [-0.2, 0) is 0 Å². The lowest BCUT2D eigenvalue weighted by Crippen LogP contribution is -1.98. The molecular formula is C18H17ClO2. The topological polar surface area (TPSA) is 33.4 Å². The van der Waals surface area contributed by atoms with E-state index in [-0.39, 0.29) is 0 Å². The second kappa shape index (κ2) is 5.55. The highest BCUT2D eigenvalue weighted by molar-refractivity contribution is 6.34. The predicted molar refractivity (Wildman–Crippen MR) is 85.8 cm³/mol. The highest BCUT2D eigenvalue weighted by Gasteiger charge is 2.16. The number of rotatable bonds is 3. The molecule has 0 amide bonds. The molecule has 3 heteroatoms. The van der Waals surface area contributed by atoms with Gasteiger partial charge < -0.3 is 9.52 Å². The fourth-order valence-corrected chi connectivity index (χ4v) is 2.63. The number of aliphatic hydroxyl groups is 1. The van der Waals surface area contributed by atoms with Gasteiger partial charge in [-0.25, -0.2) is 0 Å². The standard InChI is InChI=1S/C18H17ClO2/c1-11(2)12-6-8-13(9-7-12)17(20)16-10-14-4-3-5-15(19)18(14)21-16/h3-11,17,20H,1-2H3. The maximum atomic E-state index is 10.5. The Morgan fingerprint density at radius 2 is 1.67 bits per heavy atom. The summed E-state index contributed by atoms with van der Waals surface area (Å²) in [7, 11) is 0. The van der Waals surface area contributed by atoms with E-state index < -0.39 is 6.10 Å². The Bertz CT molecular complexity index is 756. The van der Waals surface area contributed by atoms with Crippen molar-refractivity contribution in [2.75, 3.05) is 0 Å². The third kappa shape index (κ3) is 2.69. The van der Waals surface area contributed by atoms with Gasteiger partial charge in [-0.1, -0.05) is 61.8 Å². The fraction of sp³-hybridized carbons (Fsp3) is 0.222. The molecule has 0 fully saturated rings. The van der Waals surface area contributed by atoms with E-state index >= 15 is 0 Å². The van der Waals surface area contributed by atoms with Gasteiger partial charge in [0.25, 0.3) is 0 Å². The molecule has 2 aromatic carbocycles. The number of halogens is 1. The summed E-state index contributed by atoms with van der Waals surface area (Å²) in [6.07, 6.45) is -0.783. The number of fused-ring (bicyclic) bond motifs is 1. The fourth-order valence-electron chi connectivity index (χ4n) is 2.41. The molecule has 1 heterocycles. The van der Waals surface area contributed by atoms with Gasteiger partial charge in [-0.15, -0.1) is 0 Å². The summed E-state index contributed by atoms with van der Waals surface area (Å²) >= 11 is 6.10. The highest BCUT2D eigenvalue weighted by atomic mass is 35.5. The average Bonchev–Trinajstić information content (AvgIpc) is 2.92. The molecular weight excluding hydrogens is 284 g/mol. The van der Waals surface area contributed by atoms with Gasteiger partial charge in [0.15, 0.2) is 5.58 Å². The average molecular weight is 301 g/mol. The van der Waals surface area contributed by atoms with E-state index in [9.17, 15) is 5.11 Å². The van der Waals surface area contributed by atoms with Crippen LogP contribution in [0.15, 0.2) is 52.9 Å². The van der Waals surface area contributed by atoms with E-state index in [2.05, 4.69) is 13.8 Å². The first-order valence-corrected chi connectivity index (χ1v) is 7.40. The molecule has 0 saturated heterocycles. The summed E-state index contributed by atoms with van der Waals surface area (Å²) < 4.78 is 5.71. The number of para-hydroxylation sites is 1. The Kier molecular flexibility index (Phi) is 3.75. The second-order valence-corrected chi connectivity index (χ2v) is 5.94. The molecule has 21 heavy (non-hydrogen) atoms. The third-order valence-electron chi connectivity index (χ3n) is 3.70. The van der Waals surface area contributed by atoms with Crippen LogP contribution in [0.3, 0.4) is 0 Å². The van der Waals surface area contributed by atoms with Crippen molar-refractivity contribution in [3.63, 3.8) is 0 Å². The van der Waals surface area contributed by atoms with E-state index in [1.807, 2.05) is 42.5 Å². The smallest absolute Gasteiger partial charge is 0.153 e. The first kappa shape index (κ1) is 14.2. The number of benzene rings is 2. The van der Waals surface area contributed by atoms with Crippen molar-refractivity contribution in [3.8, 4) is 0 Å². The summed E-state index contributed by atoms with van der Waals surface area (Å²) in [4.78, 5) is 0. The Morgan fingerprint density at radius 3 is 2.29 bits per heavy atom. The monoisotopic (exact) mass is 300 g/mol. The summed E-state index contributed by atoms with van der Waals surface area (Å²) in [6, 6.07) is 15.4. The zero-order valence-corrected chi connectivity index (χ0v) is 12.8. The van der Waals surface area contributed by atoms with Gasteiger partial charge in [0.2, 0.25) is 0 Å². The molecule has 0 aliphatic heterocycles. The van der Waals surface area contributed by atoms with E-state index in [0.29, 0.717) is 22.3 Å². The van der Waals surface area contributed by atoms with Crippen LogP contribution >= 0.6 is 11.6 Å². The molecule has 0 saturated carbocycles. The Balaban J connectivity index is 1.96. The number of hydrogen-bond acceptors (Lipinski definition) is 2. The van der Waals surface area contributed by atoms with Gasteiger partial charge in [0.05, 0.1) is 5.02 Å². The maximum absolute atomic E-state index is 10.5. The molecule has 0 spiro atoms. The van der Waals surface area contributed by atoms with E-state index in [1.165, 1.54) is 5.56 Å². The van der Waals surface area contributed by atoms with E-state index in [4.69, 9.17) is 16.0 Å². The van der Waals surface area contributed by atoms with Crippen molar-refractivity contribution in [1.82, 2.24) is 0 Å². The lowest BCUT2D eigenvalue weighted by Gasteiger charge is -2.10. The van der Waals surface area contributed by atoms with E-state index in [0.717, 1.165) is 10.9 Å². The zero-order valence-electron chi connectivity index (χ0n) is 12.0. The van der Waals surface area contributed by atoms with Crippen LogP contribution in [0.2, 0.25) is 5.02 Å². The number of furan rings is 1. The van der Waals surface area contributed by atoms with Crippen LogP contribution < -0.4 is 0 Å². The van der Waals surface area contributed by atoms with Crippen LogP contribution in [0.1, 0.15) is 42.8 Å². The molecule has 108 valence electrons. The van der Waals surface area contributed by atoms with Crippen LogP contribution in [0.5, 0.6) is 0 Å². The summed E-state index contributed by atoms with van der Waals surface area (Å²) in [6.45, 7) is 4.29. The maximum Gasteiger partial charge on any atom is 0.153 e. The Labute approximate surface area is 129 Å². The Hall–Kier alpha value is -1.77. The molecule has 0 aliphatic carbocycles. The molecule has 0 bridgehead atoms. The quantitative estimate of drug-likeness (QED) is 0.713. The lowest BCUT2D eigenvalue weighted by atomic mass is 9.99. The van der Waals surface area contributed by atoms with Crippen molar-refractivity contribution in [3.05, 3.63) is 70.4 Å². The number of hydrogen-bond donors (Lipinski definition) is 1. The van der Waals surface area contributed by atoms with Gasteiger partial charge >= 0.3 is 0 Å². The van der Waals surface area contributed by atoms with Crippen LogP contribution in [0, 0.1) is 0 Å². The normalized spacial score (nSPS) is 13.0.